The number of benzene rings is 1. The zero-order chi connectivity index (χ0) is 19.5. The fourth-order valence-corrected chi connectivity index (χ4v) is 4.64. The molecule has 3 aliphatic rings. The molecule has 2 saturated heterocycles. The number of hydrogen-bond acceptors (Lipinski definition) is 6. The molecule has 4 rings (SSSR count). The van der Waals surface area contributed by atoms with Gasteiger partial charge < -0.3 is 15.4 Å². The Morgan fingerprint density at radius 1 is 1.18 bits per heavy atom. The van der Waals surface area contributed by atoms with E-state index >= 15 is 0 Å². The van der Waals surface area contributed by atoms with E-state index in [2.05, 4.69) is 60.2 Å². The Morgan fingerprint density at radius 2 is 1.93 bits per heavy atom. The Kier molecular flexibility index (Phi) is 6.28. The highest BCUT2D eigenvalue weighted by Gasteiger charge is 2.36. The molecule has 3 aliphatic heterocycles. The van der Waals surface area contributed by atoms with Crippen molar-refractivity contribution >= 4 is 27.6 Å². The third-order valence-electron chi connectivity index (χ3n) is 5.90. The minimum absolute atomic E-state index is 0.281. The highest BCUT2D eigenvalue weighted by molar-refractivity contribution is 9.10. The van der Waals surface area contributed by atoms with Crippen molar-refractivity contribution in [1.29, 1.82) is 0 Å². The molecule has 0 spiro atoms. The summed E-state index contributed by atoms with van der Waals surface area (Å²) in [5.41, 5.74) is 7.04. The van der Waals surface area contributed by atoms with Crippen LogP contribution in [0.2, 0.25) is 0 Å². The summed E-state index contributed by atoms with van der Waals surface area (Å²) in [6.07, 6.45) is 3.33. The van der Waals surface area contributed by atoms with Crippen LogP contribution >= 0.6 is 15.9 Å². The molecule has 152 valence electrons. The Hall–Kier alpha value is -1.51. The van der Waals surface area contributed by atoms with Crippen molar-refractivity contribution in [1.82, 2.24) is 9.80 Å². The number of piperidine rings is 1. The average molecular weight is 452 g/mol. The first-order chi connectivity index (χ1) is 13.6. The van der Waals surface area contributed by atoms with E-state index in [0.29, 0.717) is 31.4 Å². The van der Waals surface area contributed by atoms with Gasteiger partial charge >= 0.3 is 0 Å². The van der Waals surface area contributed by atoms with Crippen LogP contribution in [0.25, 0.3) is 0 Å². The van der Waals surface area contributed by atoms with Gasteiger partial charge in [-0.2, -0.15) is 0 Å². The van der Waals surface area contributed by atoms with E-state index < -0.39 is 6.67 Å². The zero-order valence-corrected chi connectivity index (χ0v) is 17.5. The smallest absolute Gasteiger partial charge is 0.135 e. The molecule has 0 saturated carbocycles. The number of alkyl halides is 1. The number of halogens is 2. The maximum absolute atomic E-state index is 13.3. The lowest BCUT2D eigenvalue weighted by Crippen LogP contribution is -2.57. The third kappa shape index (κ3) is 4.55. The molecule has 2 atom stereocenters. The Morgan fingerprint density at radius 3 is 2.57 bits per heavy atom. The van der Waals surface area contributed by atoms with E-state index in [4.69, 9.17) is 10.5 Å². The lowest BCUT2D eigenvalue weighted by atomic mass is 9.96. The minimum atomic E-state index is -0.423. The van der Waals surface area contributed by atoms with Gasteiger partial charge in [0.15, 0.2) is 0 Å². The number of rotatable bonds is 4. The SMILES string of the molecule is NC1=NN=C(N2CCC(N3C[C@H](CF)OC[C@@H]3Cc3ccc(Br)cc3)CC2)C1. The number of nitrogens with zero attached hydrogens (tertiary/aromatic N) is 4. The van der Waals surface area contributed by atoms with Gasteiger partial charge in [0.25, 0.3) is 0 Å². The van der Waals surface area contributed by atoms with E-state index in [1.54, 1.807) is 0 Å². The lowest BCUT2D eigenvalue weighted by Gasteiger charge is -2.46. The van der Waals surface area contributed by atoms with Gasteiger partial charge in [-0.1, -0.05) is 28.1 Å². The summed E-state index contributed by atoms with van der Waals surface area (Å²) in [7, 11) is 0. The van der Waals surface area contributed by atoms with Crippen LogP contribution in [-0.4, -0.2) is 72.6 Å². The zero-order valence-electron chi connectivity index (χ0n) is 15.9. The van der Waals surface area contributed by atoms with E-state index in [-0.39, 0.29) is 12.1 Å². The van der Waals surface area contributed by atoms with Gasteiger partial charge in [-0.15, -0.1) is 10.2 Å². The summed E-state index contributed by atoms with van der Waals surface area (Å²) in [5.74, 6) is 1.57. The normalized spacial score (nSPS) is 27.0. The summed E-state index contributed by atoms with van der Waals surface area (Å²) in [4.78, 5) is 4.78. The van der Waals surface area contributed by atoms with Gasteiger partial charge in [-0.05, 0) is 37.0 Å². The molecule has 1 aromatic rings. The maximum atomic E-state index is 13.3. The van der Waals surface area contributed by atoms with Gasteiger partial charge in [-0.3, -0.25) is 4.90 Å². The molecule has 2 fully saturated rings. The van der Waals surface area contributed by atoms with Crippen molar-refractivity contribution in [3.8, 4) is 0 Å². The molecule has 0 bridgehead atoms. The topological polar surface area (TPSA) is 66.5 Å². The first-order valence-electron chi connectivity index (χ1n) is 9.94. The van der Waals surface area contributed by atoms with Crippen LogP contribution in [0.15, 0.2) is 38.9 Å². The lowest BCUT2D eigenvalue weighted by molar-refractivity contribution is -0.0912. The molecule has 0 radical (unpaired) electrons. The maximum Gasteiger partial charge on any atom is 0.135 e. The fraction of sp³-hybridized carbons (Fsp3) is 0.600. The van der Waals surface area contributed by atoms with E-state index in [0.717, 1.165) is 42.7 Å². The van der Waals surface area contributed by atoms with E-state index in [1.807, 2.05) is 0 Å². The number of morpholine rings is 1. The van der Waals surface area contributed by atoms with Crippen LogP contribution in [-0.2, 0) is 11.2 Å². The van der Waals surface area contributed by atoms with Crippen LogP contribution in [0, 0.1) is 0 Å². The second-order valence-corrected chi connectivity index (χ2v) is 8.71. The van der Waals surface area contributed by atoms with Crippen molar-refractivity contribution in [3.05, 3.63) is 34.3 Å². The number of ether oxygens (including phenoxy) is 1. The second kappa shape index (κ2) is 8.88. The van der Waals surface area contributed by atoms with Crippen molar-refractivity contribution < 1.29 is 9.13 Å². The van der Waals surface area contributed by atoms with Crippen molar-refractivity contribution in [2.24, 2.45) is 15.9 Å². The Labute approximate surface area is 173 Å². The van der Waals surface area contributed by atoms with Crippen LogP contribution in [0.1, 0.15) is 24.8 Å². The van der Waals surface area contributed by atoms with Crippen LogP contribution in [0.5, 0.6) is 0 Å². The standard InChI is InChI=1S/C20H27BrFN5O/c21-15-3-1-14(2-4-15)9-17-13-28-18(11-22)12-27(17)16-5-7-26(8-6-16)20-10-19(23)24-25-20/h1-4,16-18H,5-13H2,(H2,23,24)/t17-,18-/m0/s1. The second-order valence-electron chi connectivity index (χ2n) is 7.79. The van der Waals surface area contributed by atoms with Crippen molar-refractivity contribution in [3.63, 3.8) is 0 Å². The molecule has 0 aliphatic carbocycles. The van der Waals surface area contributed by atoms with E-state index in [9.17, 15) is 4.39 Å². The van der Waals surface area contributed by atoms with E-state index in [1.165, 1.54) is 5.56 Å². The minimum Gasteiger partial charge on any atom is -0.385 e. The number of nitrogens with two attached hydrogens (primary N) is 1. The summed E-state index contributed by atoms with van der Waals surface area (Å²) < 4.78 is 20.2. The molecule has 3 heterocycles. The number of likely N-dealkylation sites (tertiary alicyclic amines) is 1. The van der Waals surface area contributed by atoms with Gasteiger partial charge in [0.05, 0.1) is 19.1 Å². The first-order valence-corrected chi connectivity index (χ1v) is 10.7. The summed E-state index contributed by atoms with van der Waals surface area (Å²) in [5, 5.41) is 8.16. The first kappa shape index (κ1) is 19.8. The van der Waals surface area contributed by atoms with Crippen LogP contribution < -0.4 is 5.73 Å². The highest BCUT2D eigenvalue weighted by Crippen LogP contribution is 2.26. The molecular formula is C20H27BrFN5O. The Balaban J connectivity index is 1.40. The van der Waals surface area contributed by atoms with Gasteiger partial charge in [0.2, 0.25) is 0 Å². The quantitative estimate of drug-likeness (QED) is 0.763. The number of hydrogen-bond donors (Lipinski definition) is 1. The highest BCUT2D eigenvalue weighted by atomic mass is 79.9. The summed E-state index contributed by atoms with van der Waals surface area (Å²) in [6.45, 7) is 2.71. The molecule has 0 unspecified atom stereocenters. The van der Waals surface area contributed by atoms with Gasteiger partial charge in [-0.25, -0.2) is 4.39 Å². The van der Waals surface area contributed by atoms with Crippen LogP contribution in [0.4, 0.5) is 4.39 Å². The molecule has 1 aromatic carbocycles. The van der Waals surface area contributed by atoms with Gasteiger partial charge in [0.1, 0.15) is 18.3 Å². The largest absolute Gasteiger partial charge is 0.385 e. The van der Waals surface area contributed by atoms with Gasteiger partial charge in [0, 0.05) is 36.2 Å². The predicted octanol–water partition coefficient (Wildman–Crippen LogP) is 2.57. The third-order valence-corrected chi connectivity index (χ3v) is 6.42. The summed E-state index contributed by atoms with van der Waals surface area (Å²) >= 11 is 3.49. The molecule has 2 N–H and O–H groups in total. The van der Waals surface area contributed by atoms with Crippen molar-refractivity contribution in [2.75, 3.05) is 32.9 Å². The van der Waals surface area contributed by atoms with Crippen LogP contribution in [0.3, 0.4) is 0 Å². The average Bonchev–Trinajstić information content (AvgIpc) is 3.16. The predicted molar refractivity (Wildman–Crippen MR) is 112 cm³/mol. The molecule has 6 nitrogen and oxygen atoms in total. The monoisotopic (exact) mass is 451 g/mol. The summed E-state index contributed by atoms with van der Waals surface area (Å²) in [6, 6.07) is 9.16. The molecule has 0 aromatic heterocycles. The molecule has 8 heteroatoms. The molecule has 28 heavy (non-hydrogen) atoms. The fourth-order valence-electron chi connectivity index (χ4n) is 4.37. The molecular weight excluding hydrogens is 425 g/mol. The van der Waals surface area contributed by atoms with Crippen molar-refractivity contribution in [2.45, 2.75) is 43.9 Å². The molecule has 0 amide bonds. The Bertz CT molecular complexity index is 733. The number of amidine groups is 2.